The highest BCUT2D eigenvalue weighted by molar-refractivity contribution is 5.61. The van der Waals surface area contributed by atoms with Gasteiger partial charge in [0.25, 0.3) is 0 Å². The van der Waals surface area contributed by atoms with E-state index in [1.54, 1.807) is 0 Å². The molecule has 1 aromatic heterocycles. The minimum Gasteiger partial charge on any atom is -0.399 e. The zero-order chi connectivity index (χ0) is 11.7. The van der Waals surface area contributed by atoms with Crippen LogP contribution in [-0.2, 0) is 0 Å². The maximum Gasteiger partial charge on any atom is 0.159 e. The first-order valence-corrected chi connectivity index (χ1v) is 5.25. The van der Waals surface area contributed by atoms with Crippen LogP contribution in [0.2, 0.25) is 0 Å². The van der Waals surface area contributed by atoms with Crippen molar-refractivity contribution in [3.8, 4) is 11.4 Å². The van der Waals surface area contributed by atoms with E-state index in [2.05, 4.69) is 9.97 Å². The summed E-state index contributed by atoms with van der Waals surface area (Å²) in [4.78, 5) is 8.96. The smallest absolute Gasteiger partial charge is 0.159 e. The number of hydrogen-bond acceptors (Lipinski definition) is 3. The molecule has 0 saturated carbocycles. The van der Waals surface area contributed by atoms with Gasteiger partial charge in [0.15, 0.2) is 5.82 Å². The molecule has 82 valence electrons. The number of nitrogen functional groups attached to an aromatic ring is 1. The Bertz CT molecular complexity index is 509. The van der Waals surface area contributed by atoms with E-state index in [9.17, 15) is 0 Å². The Morgan fingerprint density at radius 2 is 1.62 bits per heavy atom. The Morgan fingerprint density at radius 1 is 1.00 bits per heavy atom. The van der Waals surface area contributed by atoms with Crippen LogP contribution in [0.15, 0.2) is 24.3 Å². The van der Waals surface area contributed by atoms with Crippen molar-refractivity contribution in [3.05, 3.63) is 41.2 Å². The highest BCUT2D eigenvalue weighted by Gasteiger charge is 2.06. The lowest BCUT2D eigenvalue weighted by Crippen LogP contribution is -1.99. The molecule has 16 heavy (non-hydrogen) atoms. The minimum absolute atomic E-state index is 0.733. The number of nitrogens with zero attached hydrogens (tertiary/aromatic N) is 2. The number of benzene rings is 1. The molecule has 0 spiro atoms. The monoisotopic (exact) mass is 213 g/mol. The van der Waals surface area contributed by atoms with Crippen molar-refractivity contribution in [2.24, 2.45) is 0 Å². The second-order valence-corrected chi connectivity index (χ2v) is 3.97. The summed E-state index contributed by atoms with van der Waals surface area (Å²) in [6.07, 6.45) is 0. The van der Waals surface area contributed by atoms with E-state index in [0.717, 1.165) is 34.0 Å². The van der Waals surface area contributed by atoms with E-state index in [1.165, 1.54) is 0 Å². The molecule has 0 radical (unpaired) electrons. The molecule has 3 nitrogen and oxygen atoms in total. The van der Waals surface area contributed by atoms with Crippen molar-refractivity contribution < 1.29 is 0 Å². The molecule has 0 fully saturated rings. The SMILES string of the molecule is Cc1nc(-c2cccc(N)c2)nc(C)c1C. The molecule has 1 aromatic carbocycles. The van der Waals surface area contributed by atoms with Gasteiger partial charge >= 0.3 is 0 Å². The van der Waals surface area contributed by atoms with E-state index in [0.29, 0.717) is 0 Å². The number of rotatable bonds is 1. The first kappa shape index (κ1) is 10.6. The van der Waals surface area contributed by atoms with Gasteiger partial charge in [-0.25, -0.2) is 9.97 Å². The van der Waals surface area contributed by atoms with E-state index >= 15 is 0 Å². The highest BCUT2D eigenvalue weighted by Crippen LogP contribution is 2.20. The lowest BCUT2D eigenvalue weighted by molar-refractivity contribution is 1.02. The van der Waals surface area contributed by atoms with Crippen LogP contribution in [-0.4, -0.2) is 9.97 Å². The Hall–Kier alpha value is -1.90. The summed E-state index contributed by atoms with van der Waals surface area (Å²) in [6, 6.07) is 7.64. The fourth-order valence-electron chi connectivity index (χ4n) is 1.58. The van der Waals surface area contributed by atoms with Gasteiger partial charge in [-0.2, -0.15) is 0 Å². The summed E-state index contributed by atoms with van der Waals surface area (Å²) in [7, 11) is 0. The predicted octanol–water partition coefficient (Wildman–Crippen LogP) is 2.65. The van der Waals surface area contributed by atoms with Crippen molar-refractivity contribution in [2.45, 2.75) is 20.8 Å². The highest BCUT2D eigenvalue weighted by atomic mass is 14.9. The average Bonchev–Trinajstić information content (AvgIpc) is 2.25. The van der Waals surface area contributed by atoms with Gasteiger partial charge in [0, 0.05) is 22.6 Å². The van der Waals surface area contributed by atoms with Gasteiger partial charge in [0.2, 0.25) is 0 Å². The van der Waals surface area contributed by atoms with Crippen LogP contribution in [0.3, 0.4) is 0 Å². The lowest BCUT2D eigenvalue weighted by Gasteiger charge is -2.07. The van der Waals surface area contributed by atoms with E-state index in [-0.39, 0.29) is 0 Å². The molecule has 0 amide bonds. The third-order valence-corrected chi connectivity index (χ3v) is 2.78. The Balaban J connectivity index is 2.57. The molecule has 1 heterocycles. The van der Waals surface area contributed by atoms with Crippen molar-refractivity contribution in [3.63, 3.8) is 0 Å². The Morgan fingerprint density at radius 3 is 2.19 bits per heavy atom. The zero-order valence-corrected chi connectivity index (χ0v) is 9.78. The van der Waals surface area contributed by atoms with Crippen molar-refractivity contribution in [2.75, 3.05) is 5.73 Å². The second kappa shape index (κ2) is 3.93. The Labute approximate surface area is 95.4 Å². The fraction of sp³-hybridized carbons (Fsp3) is 0.231. The van der Waals surface area contributed by atoms with Crippen LogP contribution in [0.4, 0.5) is 5.69 Å². The topological polar surface area (TPSA) is 51.8 Å². The number of anilines is 1. The largest absolute Gasteiger partial charge is 0.399 e. The maximum absolute atomic E-state index is 5.75. The van der Waals surface area contributed by atoms with Gasteiger partial charge in [0.1, 0.15) is 0 Å². The summed E-state index contributed by atoms with van der Waals surface area (Å²) < 4.78 is 0. The molecular weight excluding hydrogens is 198 g/mol. The number of nitrogens with two attached hydrogens (primary N) is 1. The molecule has 2 rings (SSSR count). The molecular formula is C13H15N3. The second-order valence-electron chi connectivity index (χ2n) is 3.97. The Kier molecular flexibility index (Phi) is 2.60. The standard InChI is InChI=1S/C13H15N3/c1-8-9(2)15-13(16-10(8)3)11-5-4-6-12(14)7-11/h4-7H,14H2,1-3H3. The summed E-state index contributed by atoms with van der Waals surface area (Å²) in [5, 5.41) is 0. The van der Waals surface area contributed by atoms with Gasteiger partial charge in [-0.05, 0) is 38.5 Å². The number of hydrogen-bond donors (Lipinski definition) is 1. The van der Waals surface area contributed by atoms with Gasteiger partial charge in [-0.15, -0.1) is 0 Å². The molecule has 0 aliphatic heterocycles. The van der Waals surface area contributed by atoms with Crippen LogP contribution in [0, 0.1) is 20.8 Å². The van der Waals surface area contributed by atoms with Crippen LogP contribution in [0.1, 0.15) is 17.0 Å². The summed E-state index contributed by atoms with van der Waals surface area (Å²) >= 11 is 0. The molecule has 0 aliphatic carbocycles. The van der Waals surface area contributed by atoms with Crippen molar-refractivity contribution >= 4 is 5.69 Å². The third kappa shape index (κ3) is 1.89. The first-order chi connectivity index (χ1) is 7.58. The van der Waals surface area contributed by atoms with Gasteiger partial charge in [0.05, 0.1) is 0 Å². The van der Waals surface area contributed by atoms with Crippen molar-refractivity contribution in [1.82, 2.24) is 9.97 Å². The molecule has 3 heteroatoms. The van der Waals surface area contributed by atoms with Crippen LogP contribution in [0.25, 0.3) is 11.4 Å². The van der Waals surface area contributed by atoms with Crippen LogP contribution >= 0.6 is 0 Å². The number of aromatic nitrogens is 2. The lowest BCUT2D eigenvalue weighted by atomic mass is 10.1. The first-order valence-electron chi connectivity index (χ1n) is 5.25. The minimum atomic E-state index is 0.733. The summed E-state index contributed by atoms with van der Waals surface area (Å²) in [5.74, 6) is 0.743. The normalized spacial score (nSPS) is 10.4. The third-order valence-electron chi connectivity index (χ3n) is 2.78. The summed E-state index contributed by atoms with van der Waals surface area (Å²) in [6.45, 7) is 6.04. The van der Waals surface area contributed by atoms with E-state index in [1.807, 2.05) is 45.0 Å². The van der Waals surface area contributed by atoms with Gasteiger partial charge in [-0.3, -0.25) is 0 Å². The molecule has 2 aromatic rings. The van der Waals surface area contributed by atoms with Gasteiger partial charge in [-0.1, -0.05) is 12.1 Å². The van der Waals surface area contributed by atoms with E-state index in [4.69, 9.17) is 5.73 Å². The molecule has 0 bridgehead atoms. The molecule has 0 atom stereocenters. The van der Waals surface area contributed by atoms with Crippen LogP contribution in [0.5, 0.6) is 0 Å². The molecule has 0 unspecified atom stereocenters. The maximum atomic E-state index is 5.75. The number of aryl methyl sites for hydroxylation is 2. The molecule has 0 saturated heterocycles. The summed E-state index contributed by atoms with van der Waals surface area (Å²) in [5.41, 5.74) is 10.6. The van der Waals surface area contributed by atoms with E-state index < -0.39 is 0 Å². The molecule has 0 aliphatic rings. The predicted molar refractivity (Wildman–Crippen MR) is 66.1 cm³/mol. The van der Waals surface area contributed by atoms with Crippen LogP contribution < -0.4 is 5.73 Å². The quantitative estimate of drug-likeness (QED) is 0.741. The average molecular weight is 213 g/mol. The molecule has 2 N–H and O–H groups in total. The van der Waals surface area contributed by atoms with Gasteiger partial charge < -0.3 is 5.73 Å². The zero-order valence-electron chi connectivity index (χ0n) is 9.78. The van der Waals surface area contributed by atoms with Crippen molar-refractivity contribution in [1.29, 1.82) is 0 Å². The fourth-order valence-corrected chi connectivity index (χ4v) is 1.58.